The van der Waals surface area contributed by atoms with Crippen LogP contribution in [0.15, 0.2) is 71.9 Å². The Morgan fingerprint density at radius 2 is 1.53 bits per heavy atom. The molecule has 0 aliphatic carbocycles. The van der Waals surface area contributed by atoms with E-state index in [1.54, 1.807) is 0 Å². The Balaban J connectivity index is 1.63. The Labute approximate surface area is 205 Å². The van der Waals surface area contributed by atoms with Crippen molar-refractivity contribution in [1.82, 2.24) is 9.97 Å². The van der Waals surface area contributed by atoms with Gasteiger partial charge in [0.1, 0.15) is 5.82 Å². The number of hydrogen-bond acceptors (Lipinski definition) is 6. The molecular weight excluding hydrogens is 526 g/mol. The van der Waals surface area contributed by atoms with Crippen LogP contribution < -0.4 is 5.32 Å². The number of benzene rings is 3. The highest BCUT2D eigenvalue weighted by Crippen LogP contribution is 2.35. The predicted octanol–water partition coefficient (Wildman–Crippen LogP) is 5.20. The molecule has 0 spiro atoms. The summed E-state index contributed by atoms with van der Waals surface area (Å²) in [5.41, 5.74) is -5.54. The molecule has 0 aliphatic rings. The van der Waals surface area contributed by atoms with Crippen molar-refractivity contribution in [2.45, 2.75) is 10.4 Å². The lowest BCUT2D eigenvalue weighted by Crippen LogP contribution is -2.24. The summed E-state index contributed by atoms with van der Waals surface area (Å²) in [6, 6.07) is 9.80. The standard InChI is InChI=1S/C23H12ClF4N3O4S/c24-16-4-1-13(10-20(16)36(34,35)23(26,27)28)22(33)31-14-3-5-17(25)15(11-14)21(32)12-2-6-18-19(9-12)30-8-7-29-18/h1-11H,(H,31,33). The summed E-state index contributed by atoms with van der Waals surface area (Å²) in [5.74, 6) is -2.63. The average Bonchev–Trinajstić information content (AvgIpc) is 2.83. The van der Waals surface area contributed by atoms with Crippen molar-refractivity contribution < 1.29 is 35.6 Å². The second-order valence-electron chi connectivity index (χ2n) is 7.33. The first-order chi connectivity index (χ1) is 16.9. The number of hydrogen-bond donors (Lipinski definition) is 1. The number of rotatable bonds is 5. The van der Waals surface area contributed by atoms with Crippen molar-refractivity contribution in [2.75, 3.05) is 5.32 Å². The van der Waals surface area contributed by atoms with E-state index in [1.807, 2.05) is 0 Å². The van der Waals surface area contributed by atoms with E-state index in [0.29, 0.717) is 17.1 Å². The first-order valence-electron chi connectivity index (χ1n) is 9.86. The molecule has 1 heterocycles. The van der Waals surface area contributed by atoms with Crippen molar-refractivity contribution in [3.05, 3.63) is 94.5 Å². The number of fused-ring (bicyclic) bond motifs is 1. The van der Waals surface area contributed by atoms with Gasteiger partial charge in [-0.3, -0.25) is 19.6 Å². The zero-order chi connectivity index (χ0) is 26.3. The lowest BCUT2D eigenvalue weighted by atomic mass is 10.0. The number of aromatic nitrogens is 2. The number of amides is 1. The highest BCUT2D eigenvalue weighted by atomic mass is 35.5. The monoisotopic (exact) mass is 537 g/mol. The van der Waals surface area contributed by atoms with Gasteiger partial charge in [0.05, 0.1) is 26.5 Å². The van der Waals surface area contributed by atoms with E-state index in [9.17, 15) is 35.6 Å². The summed E-state index contributed by atoms with van der Waals surface area (Å²) in [6.07, 6.45) is 2.90. The van der Waals surface area contributed by atoms with Crippen LogP contribution in [0.25, 0.3) is 11.0 Å². The van der Waals surface area contributed by atoms with Gasteiger partial charge < -0.3 is 5.32 Å². The van der Waals surface area contributed by atoms with Gasteiger partial charge >= 0.3 is 5.51 Å². The minimum Gasteiger partial charge on any atom is -0.322 e. The molecule has 0 unspecified atom stereocenters. The Morgan fingerprint density at radius 1 is 0.861 bits per heavy atom. The lowest BCUT2D eigenvalue weighted by Gasteiger charge is -2.12. The molecular formula is C23H12ClF4N3O4S. The Bertz CT molecular complexity index is 1640. The van der Waals surface area contributed by atoms with E-state index in [0.717, 1.165) is 30.3 Å². The molecule has 0 saturated heterocycles. The Morgan fingerprint density at radius 3 is 2.22 bits per heavy atom. The minimum absolute atomic E-state index is 0.0690. The number of halogens is 5. The van der Waals surface area contributed by atoms with Crippen molar-refractivity contribution in [2.24, 2.45) is 0 Å². The van der Waals surface area contributed by atoms with Gasteiger partial charge in [0, 0.05) is 29.2 Å². The number of anilines is 1. The number of nitrogens with one attached hydrogen (secondary N) is 1. The third-order valence-electron chi connectivity index (χ3n) is 4.99. The maximum atomic E-state index is 14.5. The van der Waals surface area contributed by atoms with Crippen LogP contribution in [0, 0.1) is 5.82 Å². The molecule has 0 atom stereocenters. The summed E-state index contributed by atoms with van der Waals surface area (Å²) in [6.45, 7) is 0. The Kier molecular flexibility index (Phi) is 6.50. The third kappa shape index (κ3) is 4.77. The van der Waals surface area contributed by atoms with Gasteiger partial charge in [0.15, 0.2) is 5.78 Å². The molecule has 184 valence electrons. The molecule has 0 fully saturated rings. The van der Waals surface area contributed by atoms with E-state index < -0.39 is 53.9 Å². The molecule has 1 amide bonds. The fourth-order valence-corrected chi connectivity index (χ4v) is 4.49. The summed E-state index contributed by atoms with van der Waals surface area (Å²) in [5, 5.41) is 1.58. The number of nitrogens with zero attached hydrogens (tertiary/aromatic N) is 2. The van der Waals surface area contributed by atoms with E-state index in [4.69, 9.17) is 11.6 Å². The van der Waals surface area contributed by atoms with Gasteiger partial charge in [-0.25, -0.2) is 12.8 Å². The summed E-state index contributed by atoms with van der Waals surface area (Å²) in [4.78, 5) is 32.4. The van der Waals surface area contributed by atoms with E-state index >= 15 is 0 Å². The fourth-order valence-electron chi connectivity index (χ4n) is 3.22. The molecule has 0 radical (unpaired) electrons. The summed E-state index contributed by atoms with van der Waals surface area (Å²) < 4.78 is 76.8. The maximum absolute atomic E-state index is 14.5. The smallest absolute Gasteiger partial charge is 0.322 e. The molecule has 3 aromatic carbocycles. The molecule has 7 nitrogen and oxygen atoms in total. The van der Waals surface area contributed by atoms with Crippen LogP contribution in [0.2, 0.25) is 5.02 Å². The number of sulfone groups is 1. The molecule has 4 rings (SSSR count). The zero-order valence-corrected chi connectivity index (χ0v) is 19.2. The maximum Gasteiger partial charge on any atom is 0.501 e. The normalized spacial score (nSPS) is 11.9. The second-order valence-corrected chi connectivity index (χ2v) is 9.65. The Hall–Kier alpha value is -3.90. The van der Waals surface area contributed by atoms with Crippen LogP contribution >= 0.6 is 11.6 Å². The zero-order valence-electron chi connectivity index (χ0n) is 17.7. The van der Waals surface area contributed by atoms with E-state index in [1.165, 1.54) is 30.6 Å². The van der Waals surface area contributed by atoms with Gasteiger partial charge in [0.25, 0.3) is 15.7 Å². The molecule has 13 heteroatoms. The van der Waals surface area contributed by atoms with Gasteiger partial charge in [-0.05, 0) is 54.6 Å². The second kappa shape index (κ2) is 9.28. The van der Waals surface area contributed by atoms with Crippen LogP contribution in [0.1, 0.15) is 26.3 Å². The molecule has 0 saturated carbocycles. The molecule has 1 aromatic heterocycles. The summed E-state index contributed by atoms with van der Waals surface area (Å²) in [7, 11) is -5.82. The molecule has 1 N–H and O–H groups in total. The van der Waals surface area contributed by atoms with Crippen molar-refractivity contribution in [1.29, 1.82) is 0 Å². The van der Waals surface area contributed by atoms with Crippen LogP contribution in [0.4, 0.5) is 23.2 Å². The molecule has 4 aromatic rings. The van der Waals surface area contributed by atoms with Gasteiger partial charge in [-0.1, -0.05) is 11.6 Å². The molecule has 0 bridgehead atoms. The largest absolute Gasteiger partial charge is 0.501 e. The molecule has 0 aliphatic heterocycles. The molecule has 36 heavy (non-hydrogen) atoms. The third-order valence-corrected chi connectivity index (χ3v) is 6.96. The lowest BCUT2D eigenvalue weighted by molar-refractivity contribution is -0.0436. The van der Waals surface area contributed by atoms with Gasteiger partial charge in [-0.15, -0.1) is 0 Å². The summed E-state index contributed by atoms with van der Waals surface area (Å²) >= 11 is 5.62. The predicted molar refractivity (Wildman–Crippen MR) is 122 cm³/mol. The van der Waals surface area contributed by atoms with Crippen LogP contribution in [0.3, 0.4) is 0 Å². The van der Waals surface area contributed by atoms with E-state index in [-0.39, 0.29) is 11.3 Å². The van der Waals surface area contributed by atoms with Crippen LogP contribution in [-0.2, 0) is 9.84 Å². The fraction of sp³-hybridized carbons (Fsp3) is 0.0435. The van der Waals surface area contributed by atoms with Crippen molar-refractivity contribution in [3.8, 4) is 0 Å². The highest BCUT2D eigenvalue weighted by Gasteiger charge is 2.48. The van der Waals surface area contributed by atoms with Crippen LogP contribution in [0.5, 0.6) is 0 Å². The van der Waals surface area contributed by atoms with Gasteiger partial charge in [-0.2, -0.15) is 13.2 Å². The highest BCUT2D eigenvalue weighted by molar-refractivity contribution is 7.92. The van der Waals surface area contributed by atoms with Gasteiger partial charge in [0.2, 0.25) is 0 Å². The quantitative estimate of drug-likeness (QED) is 0.277. The average molecular weight is 538 g/mol. The first kappa shape index (κ1) is 25.2. The minimum atomic E-state index is -5.82. The van der Waals surface area contributed by atoms with E-state index in [2.05, 4.69) is 15.3 Å². The van der Waals surface area contributed by atoms with Crippen LogP contribution in [-0.4, -0.2) is 35.6 Å². The van der Waals surface area contributed by atoms with Crippen molar-refractivity contribution >= 4 is 49.8 Å². The first-order valence-corrected chi connectivity index (χ1v) is 11.7. The number of carbonyl (C=O) groups excluding carboxylic acids is 2. The topological polar surface area (TPSA) is 106 Å². The number of ketones is 1. The number of carbonyl (C=O) groups is 2. The number of alkyl halides is 3. The van der Waals surface area contributed by atoms with Crippen molar-refractivity contribution in [3.63, 3.8) is 0 Å². The SMILES string of the molecule is O=C(Nc1ccc(F)c(C(=O)c2ccc3nccnc3c2)c1)c1ccc(Cl)c(S(=O)(=O)C(F)(F)F)c1.